The molecule has 6 heteroatoms. The quantitative estimate of drug-likeness (QED) is 0.115. The highest BCUT2D eigenvalue weighted by atomic mass is 79.9. The van der Waals surface area contributed by atoms with Crippen LogP contribution in [0.15, 0.2) is 88.1 Å². The van der Waals surface area contributed by atoms with Crippen molar-refractivity contribution in [3.05, 3.63) is 99.0 Å². The van der Waals surface area contributed by atoms with E-state index < -0.39 is 0 Å². The zero-order valence-electron chi connectivity index (χ0n) is 18.1. The van der Waals surface area contributed by atoms with E-state index in [0.29, 0.717) is 21.5 Å². The van der Waals surface area contributed by atoms with Crippen LogP contribution in [0.5, 0.6) is 0 Å². The van der Waals surface area contributed by atoms with Crippen LogP contribution in [0, 0.1) is 0 Å². The Morgan fingerprint density at radius 1 is 0.417 bits per heavy atom. The molecule has 0 aliphatic carbocycles. The normalized spacial score (nSPS) is 12.7. The lowest BCUT2D eigenvalue weighted by molar-refractivity contribution is 1.64. The molecule has 0 amide bonds. The van der Waals surface area contributed by atoms with Crippen molar-refractivity contribution in [2.24, 2.45) is 0 Å². The molecule has 0 aromatic heterocycles. The molecule has 8 rings (SSSR count). The summed E-state index contributed by atoms with van der Waals surface area (Å²) in [5.41, 5.74) is 0.00727. The first-order chi connectivity index (χ1) is 17.4. The van der Waals surface area contributed by atoms with Crippen LogP contribution in [0.25, 0.3) is 75.4 Å². The molecule has 0 spiro atoms. The summed E-state index contributed by atoms with van der Waals surface area (Å²) in [6, 6.07) is 20.2. The fourth-order valence-corrected chi connectivity index (χ4v) is 8.20. The van der Waals surface area contributed by atoms with Crippen LogP contribution in [-0.4, -0.2) is 0 Å². The minimum Gasteiger partial charge on any atom is -0.289 e. The van der Waals surface area contributed by atoms with Gasteiger partial charge in [-0.2, -0.15) is 0 Å². The molecule has 36 heavy (non-hydrogen) atoms. The highest BCUT2D eigenvalue weighted by Crippen LogP contribution is 2.48. The number of hydrogen-bond donors (Lipinski definition) is 0. The van der Waals surface area contributed by atoms with Crippen molar-refractivity contribution >= 4 is 139 Å². The maximum atomic E-state index is 13.9. The van der Waals surface area contributed by atoms with Crippen molar-refractivity contribution in [2.45, 2.75) is 0 Å². The average Bonchev–Trinajstić information content (AvgIpc) is 2.86. The minimum absolute atomic E-state index is 0.0211. The Bertz CT molecular complexity index is 2400. The molecule has 8 aromatic rings. The van der Waals surface area contributed by atoms with Gasteiger partial charge in [0.1, 0.15) is 0 Å². The number of halogens is 4. The molecule has 0 fully saturated rings. The van der Waals surface area contributed by atoms with Crippen molar-refractivity contribution in [2.75, 3.05) is 0 Å². The summed E-state index contributed by atoms with van der Waals surface area (Å²) in [5.74, 6) is 0. The van der Waals surface area contributed by atoms with Crippen LogP contribution in [-0.2, 0) is 0 Å². The Morgan fingerprint density at radius 2 is 1.14 bits per heavy atom. The molecule has 0 saturated heterocycles. The second kappa shape index (κ2) is 7.13. The molecule has 0 unspecified atom stereocenters. The van der Waals surface area contributed by atoms with Gasteiger partial charge in [0.15, 0.2) is 10.9 Å². The summed E-state index contributed by atoms with van der Waals surface area (Å²) in [4.78, 5) is 27.6. The Morgan fingerprint density at radius 3 is 1.97 bits per heavy atom. The Kier molecular flexibility index (Phi) is 4.30. The minimum atomic E-state index is -0.0211. The van der Waals surface area contributed by atoms with Gasteiger partial charge in [-0.15, -0.1) is 0 Å². The summed E-state index contributed by atoms with van der Waals surface area (Å²) in [5, 5.41) is 12.7. The second-order valence-electron chi connectivity index (χ2n) is 9.25. The van der Waals surface area contributed by atoms with E-state index in [1.165, 1.54) is 0 Å². The van der Waals surface area contributed by atoms with Gasteiger partial charge in [-0.1, -0.05) is 40.2 Å². The van der Waals surface area contributed by atoms with E-state index in [4.69, 9.17) is 0 Å². The van der Waals surface area contributed by atoms with E-state index in [2.05, 4.69) is 75.9 Å². The molecule has 0 radical (unpaired) electrons. The van der Waals surface area contributed by atoms with E-state index in [0.717, 1.165) is 71.8 Å². The smallest absolute Gasteiger partial charge is 0.196 e. The molecule has 0 atom stereocenters. The zero-order valence-corrected chi connectivity index (χ0v) is 24.4. The van der Waals surface area contributed by atoms with Crippen LogP contribution in [0.3, 0.4) is 0 Å². The molecule has 0 saturated carbocycles. The number of benzene rings is 8. The lowest BCUT2D eigenvalue weighted by Gasteiger charge is -2.20. The van der Waals surface area contributed by atoms with Crippen molar-refractivity contribution < 1.29 is 0 Å². The molecule has 0 bridgehead atoms. The van der Waals surface area contributed by atoms with Gasteiger partial charge in [0, 0.05) is 55.6 Å². The highest BCUT2D eigenvalue weighted by molar-refractivity contribution is 9.13. The summed E-state index contributed by atoms with van der Waals surface area (Å²) in [6.45, 7) is 0. The van der Waals surface area contributed by atoms with Crippen molar-refractivity contribution in [3.63, 3.8) is 0 Å². The van der Waals surface area contributed by atoms with Gasteiger partial charge in [0.2, 0.25) is 0 Å². The third-order valence-corrected chi connectivity index (χ3v) is 10.8. The largest absolute Gasteiger partial charge is 0.289 e. The first-order valence-corrected chi connectivity index (χ1v) is 14.4. The molecule has 0 aliphatic heterocycles. The fourth-order valence-electron chi connectivity index (χ4n) is 6.14. The maximum absolute atomic E-state index is 13.9. The van der Waals surface area contributed by atoms with Gasteiger partial charge in [-0.25, -0.2) is 0 Å². The number of hydrogen-bond acceptors (Lipinski definition) is 2. The molecular formula is C30H10Br4O2. The number of rotatable bonds is 0. The standard InChI is InChI=1S/C30H10Br4O2/c31-18-3-1-2-14-23(18)17-9-12-10-20(33)27-25-16(13-6-7-19(32)28(34)26(13)30(27)36)8-11-4-5-15(29(14)35)24(17)21(11)22(12)25/h1-10H. The maximum Gasteiger partial charge on any atom is 0.196 e. The van der Waals surface area contributed by atoms with E-state index >= 15 is 0 Å². The van der Waals surface area contributed by atoms with E-state index in [1.54, 1.807) is 0 Å². The monoisotopic (exact) mass is 718 g/mol. The Hall–Kier alpha value is -2.38. The predicted octanol–water partition coefficient (Wildman–Crippen LogP) is 9.84. The lowest BCUT2D eigenvalue weighted by Crippen LogP contribution is -2.07. The SMILES string of the molecule is O=c1c2cccc(Br)c2c2cc3cc(Br)c4c(=O)c5c(Br)c(Br)ccc5c5cc6ccc1c2c6c3c45. The molecule has 0 N–H and O–H groups in total. The van der Waals surface area contributed by atoms with Gasteiger partial charge >= 0.3 is 0 Å². The Labute approximate surface area is 236 Å². The summed E-state index contributed by atoms with van der Waals surface area (Å²) in [6.07, 6.45) is 0. The molecular weight excluding hydrogens is 712 g/mol. The third kappa shape index (κ3) is 2.47. The summed E-state index contributed by atoms with van der Waals surface area (Å²) >= 11 is 14.7. The number of fused-ring (bicyclic) bond motifs is 4. The van der Waals surface area contributed by atoms with E-state index in [-0.39, 0.29) is 10.9 Å². The van der Waals surface area contributed by atoms with Gasteiger partial charge in [0.25, 0.3) is 0 Å². The highest BCUT2D eigenvalue weighted by Gasteiger charge is 2.24. The first kappa shape index (κ1) is 21.7. The van der Waals surface area contributed by atoms with Gasteiger partial charge in [0.05, 0.1) is 0 Å². The van der Waals surface area contributed by atoms with Crippen LogP contribution in [0.4, 0.5) is 0 Å². The van der Waals surface area contributed by atoms with E-state index in [1.807, 2.05) is 48.5 Å². The second-order valence-corrected chi connectivity index (χ2v) is 12.6. The summed E-state index contributed by atoms with van der Waals surface area (Å²) in [7, 11) is 0. The van der Waals surface area contributed by atoms with Crippen LogP contribution in [0.2, 0.25) is 0 Å². The van der Waals surface area contributed by atoms with E-state index in [9.17, 15) is 9.59 Å². The summed E-state index contributed by atoms with van der Waals surface area (Å²) < 4.78 is 3.26. The molecule has 8 aromatic carbocycles. The predicted molar refractivity (Wildman–Crippen MR) is 166 cm³/mol. The van der Waals surface area contributed by atoms with Gasteiger partial charge in [-0.3, -0.25) is 9.59 Å². The van der Waals surface area contributed by atoms with Crippen molar-refractivity contribution in [3.8, 4) is 0 Å². The molecule has 0 aliphatic rings. The van der Waals surface area contributed by atoms with Crippen LogP contribution in [0.1, 0.15) is 0 Å². The van der Waals surface area contributed by atoms with Gasteiger partial charge in [-0.05, 0) is 122 Å². The zero-order chi connectivity index (χ0) is 24.6. The van der Waals surface area contributed by atoms with Crippen molar-refractivity contribution in [1.82, 2.24) is 0 Å². The third-order valence-electron chi connectivity index (χ3n) is 7.55. The molecule has 170 valence electrons. The Balaban J connectivity index is 1.80. The topological polar surface area (TPSA) is 34.1 Å². The van der Waals surface area contributed by atoms with Gasteiger partial charge < -0.3 is 0 Å². The molecule has 0 heterocycles. The first-order valence-electron chi connectivity index (χ1n) is 11.2. The fraction of sp³-hybridized carbons (Fsp3) is 0. The lowest BCUT2D eigenvalue weighted by atomic mass is 9.84. The average molecular weight is 722 g/mol. The van der Waals surface area contributed by atoms with Crippen molar-refractivity contribution in [1.29, 1.82) is 0 Å². The van der Waals surface area contributed by atoms with Crippen LogP contribution >= 0.6 is 63.7 Å². The van der Waals surface area contributed by atoms with Crippen LogP contribution < -0.4 is 10.9 Å². The molecule has 2 nitrogen and oxygen atoms in total.